The summed E-state index contributed by atoms with van der Waals surface area (Å²) < 4.78 is 0. The Morgan fingerprint density at radius 3 is 2.65 bits per heavy atom. The van der Waals surface area contributed by atoms with Crippen LogP contribution in [0.15, 0.2) is 24.3 Å². The number of rotatable bonds is 4. The minimum absolute atomic E-state index is 0.0596. The van der Waals surface area contributed by atoms with Crippen molar-refractivity contribution in [2.24, 2.45) is 11.7 Å². The van der Waals surface area contributed by atoms with E-state index >= 15 is 0 Å². The molecule has 0 radical (unpaired) electrons. The van der Waals surface area contributed by atoms with Crippen LogP contribution < -0.4 is 11.1 Å². The number of hydrogen-bond acceptors (Lipinski definition) is 3. The highest BCUT2D eigenvalue weighted by atomic mass is 16.4. The molecule has 2 unspecified atom stereocenters. The van der Waals surface area contributed by atoms with Crippen molar-refractivity contribution >= 4 is 17.6 Å². The van der Waals surface area contributed by atoms with E-state index in [1.165, 1.54) is 0 Å². The Morgan fingerprint density at radius 1 is 1.35 bits per heavy atom. The lowest BCUT2D eigenvalue weighted by Gasteiger charge is -2.34. The van der Waals surface area contributed by atoms with Gasteiger partial charge in [0.05, 0.1) is 5.92 Å². The maximum Gasteiger partial charge on any atom is 0.308 e. The Kier molecular flexibility index (Phi) is 2.99. The second-order valence-corrected chi connectivity index (χ2v) is 4.22. The zero-order valence-electron chi connectivity index (χ0n) is 9.22. The Hall–Kier alpha value is -2.04. The highest BCUT2D eigenvalue weighted by Crippen LogP contribution is 2.30. The summed E-state index contributed by atoms with van der Waals surface area (Å²) >= 11 is 0. The van der Waals surface area contributed by atoms with Gasteiger partial charge < -0.3 is 16.2 Å². The van der Waals surface area contributed by atoms with Crippen LogP contribution in [0.5, 0.6) is 0 Å². The van der Waals surface area contributed by atoms with Gasteiger partial charge in [0, 0.05) is 17.3 Å². The molecule has 4 N–H and O–H groups in total. The highest BCUT2D eigenvalue weighted by Gasteiger charge is 2.36. The second kappa shape index (κ2) is 4.45. The van der Waals surface area contributed by atoms with Gasteiger partial charge in [0.25, 0.3) is 0 Å². The Bertz CT molecular complexity index is 459. The third kappa shape index (κ3) is 2.38. The number of aliphatic carboxylic acids is 1. The Labute approximate surface area is 98.6 Å². The van der Waals surface area contributed by atoms with Crippen molar-refractivity contribution in [2.45, 2.75) is 18.9 Å². The minimum Gasteiger partial charge on any atom is -0.481 e. The SMILES string of the molecule is NC(=O)c1cccc(NC2CCC2C(=O)O)c1. The van der Waals surface area contributed by atoms with Crippen LogP contribution in [0.4, 0.5) is 5.69 Å². The molecule has 1 amide bonds. The van der Waals surface area contributed by atoms with E-state index in [1.54, 1.807) is 24.3 Å². The molecule has 5 heteroatoms. The highest BCUT2D eigenvalue weighted by molar-refractivity contribution is 5.93. The maximum absolute atomic E-state index is 11.0. The van der Waals surface area contributed by atoms with E-state index in [9.17, 15) is 9.59 Å². The summed E-state index contributed by atoms with van der Waals surface area (Å²) in [7, 11) is 0. The summed E-state index contributed by atoms with van der Waals surface area (Å²) in [6.45, 7) is 0. The number of anilines is 1. The monoisotopic (exact) mass is 234 g/mol. The standard InChI is InChI=1S/C12H14N2O3/c13-11(15)7-2-1-3-8(6-7)14-10-5-4-9(10)12(16)17/h1-3,6,9-10,14H,4-5H2,(H2,13,15)(H,16,17). The van der Waals surface area contributed by atoms with Gasteiger partial charge in [0.2, 0.25) is 5.91 Å². The lowest BCUT2D eigenvalue weighted by Crippen LogP contribution is -2.43. The first kappa shape index (κ1) is 11.4. The molecule has 1 fully saturated rings. The molecule has 0 aromatic heterocycles. The first-order chi connectivity index (χ1) is 8.08. The van der Waals surface area contributed by atoms with Crippen LogP contribution in [0.3, 0.4) is 0 Å². The Balaban J connectivity index is 2.06. The zero-order chi connectivity index (χ0) is 12.4. The number of carboxylic acid groups (broad SMARTS) is 1. The quantitative estimate of drug-likeness (QED) is 0.726. The molecule has 1 aromatic carbocycles. The second-order valence-electron chi connectivity index (χ2n) is 4.22. The van der Waals surface area contributed by atoms with E-state index in [1.807, 2.05) is 0 Å². The van der Waals surface area contributed by atoms with Gasteiger partial charge >= 0.3 is 5.97 Å². The first-order valence-electron chi connectivity index (χ1n) is 5.47. The number of amides is 1. The molecule has 5 nitrogen and oxygen atoms in total. The average molecular weight is 234 g/mol. The molecule has 1 saturated carbocycles. The van der Waals surface area contributed by atoms with Gasteiger partial charge in [0.1, 0.15) is 0 Å². The van der Waals surface area contributed by atoms with Crippen molar-refractivity contribution in [3.63, 3.8) is 0 Å². The minimum atomic E-state index is -0.778. The van der Waals surface area contributed by atoms with Gasteiger partial charge in [0.15, 0.2) is 0 Å². The van der Waals surface area contributed by atoms with Crippen molar-refractivity contribution in [1.29, 1.82) is 0 Å². The van der Waals surface area contributed by atoms with E-state index in [4.69, 9.17) is 10.8 Å². The third-order valence-corrected chi connectivity index (χ3v) is 3.09. The number of hydrogen-bond donors (Lipinski definition) is 3. The van der Waals surface area contributed by atoms with Crippen LogP contribution in [-0.2, 0) is 4.79 Å². The molecule has 0 spiro atoms. The average Bonchev–Trinajstić information content (AvgIpc) is 2.24. The summed E-state index contributed by atoms with van der Waals surface area (Å²) in [4.78, 5) is 21.8. The van der Waals surface area contributed by atoms with E-state index < -0.39 is 11.9 Å². The molecule has 0 saturated heterocycles. The summed E-state index contributed by atoms with van der Waals surface area (Å²) in [6.07, 6.45) is 1.53. The number of carboxylic acids is 1. The van der Waals surface area contributed by atoms with Crippen LogP contribution in [-0.4, -0.2) is 23.0 Å². The van der Waals surface area contributed by atoms with E-state index in [2.05, 4.69) is 5.32 Å². The Morgan fingerprint density at radius 2 is 2.12 bits per heavy atom. The maximum atomic E-state index is 11.0. The van der Waals surface area contributed by atoms with E-state index in [-0.39, 0.29) is 12.0 Å². The van der Waals surface area contributed by atoms with Gasteiger partial charge in [-0.15, -0.1) is 0 Å². The predicted molar refractivity (Wildman–Crippen MR) is 62.7 cm³/mol. The fourth-order valence-electron chi connectivity index (χ4n) is 1.94. The number of carbonyl (C=O) groups excluding carboxylic acids is 1. The normalized spacial score (nSPS) is 22.6. The van der Waals surface area contributed by atoms with Crippen LogP contribution in [0.1, 0.15) is 23.2 Å². The van der Waals surface area contributed by atoms with Gasteiger partial charge in [-0.05, 0) is 31.0 Å². The lowest BCUT2D eigenvalue weighted by molar-refractivity contribution is -0.144. The summed E-state index contributed by atoms with van der Waals surface area (Å²) in [5, 5.41) is 12.0. The van der Waals surface area contributed by atoms with Gasteiger partial charge in [-0.3, -0.25) is 9.59 Å². The van der Waals surface area contributed by atoms with Crippen molar-refractivity contribution in [1.82, 2.24) is 0 Å². The predicted octanol–water partition coefficient (Wildman–Crippen LogP) is 1.06. The number of nitrogens with two attached hydrogens (primary N) is 1. The zero-order valence-corrected chi connectivity index (χ0v) is 9.22. The van der Waals surface area contributed by atoms with E-state index in [0.717, 1.165) is 12.1 Å². The number of benzene rings is 1. The molecular formula is C12H14N2O3. The summed E-state index contributed by atoms with van der Waals surface area (Å²) in [5.74, 6) is -1.61. The van der Waals surface area contributed by atoms with Crippen molar-refractivity contribution in [3.05, 3.63) is 29.8 Å². The smallest absolute Gasteiger partial charge is 0.308 e. The molecule has 2 atom stereocenters. The molecule has 0 bridgehead atoms. The molecule has 0 aliphatic heterocycles. The lowest BCUT2D eigenvalue weighted by atomic mass is 9.79. The molecule has 0 heterocycles. The molecule has 90 valence electrons. The third-order valence-electron chi connectivity index (χ3n) is 3.09. The van der Waals surface area contributed by atoms with Crippen LogP contribution >= 0.6 is 0 Å². The van der Waals surface area contributed by atoms with Crippen LogP contribution in [0, 0.1) is 5.92 Å². The van der Waals surface area contributed by atoms with Gasteiger partial charge in [-0.25, -0.2) is 0 Å². The number of carbonyl (C=O) groups is 2. The van der Waals surface area contributed by atoms with Crippen LogP contribution in [0.25, 0.3) is 0 Å². The molecular weight excluding hydrogens is 220 g/mol. The molecule has 1 aliphatic rings. The van der Waals surface area contributed by atoms with Gasteiger partial charge in [-0.2, -0.15) is 0 Å². The summed E-state index contributed by atoms with van der Waals surface area (Å²) in [5.41, 5.74) is 6.33. The molecule has 2 rings (SSSR count). The topological polar surface area (TPSA) is 92.4 Å². The van der Waals surface area contributed by atoms with Crippen molar-refractivity contribution in [3.8, 4) is 0 Å². The van der Waals surface area contributed by atoms with E-state index in [0.29, 0.717) is 12.0 Å². The number of primary amides is 1. The molecule has 1 aliphatic carbocycles. The summed E-state index contributed by atoms with van der Waals surface area (Å²) in [6, 6.07) is 6.72. The molecule has 1 aromatic rings. The first-order valence-corrected chi connectivity index (χ1v) is 5.47. The largest absolute Gasteiger partial charge is 0.481 e. The van der Waals surface area contributed by atoms with Crippen molar-refractivity contribution in [2.75, 3.05) is 5.32 Å². The van der Waals surface area contributed by atoms with Crippen molar-refractivity contribution < 1.29 is 14.7 Å². The van der Waals surface area contributed by atoms with Crippen LogP contribution in [0.2, 0.25) is 0 Å². The fourth-order valence-corrected chi connectivity index (χ4v) is 1.94. The fraction of sp³-hybridized carbons (Fsp3) is 0.333. The molecule has 17 heavy (non-hydrogen) atoms. The number of nitrogens with one attached hydrogen (secondary N) is 1. The van der Waals surface area contributed by atoms with Gasteiger partial charge in [-0.1, -0.05) is 6.07 Å².